The number of rotatable bonds is 2. The molecule has 0 saturated carbocycles. The Morgan fingerprint density at radius 1 is 0.800 bits per heavy atom. The minimum absolute atomic E-state index is 0.949. The third kappa shape index (κ3) is 2.24. The summed E-state index contributed by atoms with van der Waals surface area (Å²) in [4.78, 5) is 0. The highest BCUT2D eigenvalue weighted by molar-refractivity contribution is 5.80. The monoisotopic (exact) mass is 263 g/mol. The number of aromatic nitrogens is 1. The average molecular weight is 263 g/mol. The summed E-state index contributed by atoms with van der Waals surface area (Å²) in [5.74, 6) is 0. The van der Waals surface area contributed by atoms with E-state index in [9.17, 15) is 0 Å². The zero-order chi connectivity index (χ0) is 14.3. The molecule has 0 aliphatic rings. The van der Waals surface area contributed by atoms with E-state index in [1.54, 1.807) is 0 Å². The number of nitrogens with zero attached hydrogens (tertiary/aromatic N) is 1. The highest BCUT2D eigenvalue weighted by Crippen LogP contribution is 2.22. The van der Waals surface area contributed by atoms with Crippen LogP contribution in [0.2, 0.25) is 0 Å². The molecule has 1 nitrogen and oxygen atoms in total. The number of hydrogen-bond acceptors (Lipinski definition) is 0. The Kier molecular flexibility index (Phi) is 3.13. The van der Waals surface area contributed by atoms with Gasteiger partial charge in [0, 0.05) is 18.3 Å². The molecule has 0 unspecified atom stereocenters. The molecule has 0 spiro atoms. The molecule has 0 aliphatic heterocycles. The van der Waals surface area contributed by atoms with Crippen molar-refractivity contribution in [3.05, 3.63) is 70.4 Å². The van der Waals surface area contributed by atoms with Crippen LogP contribution in [0.3, 0.4) is 0 Å². The van der Waals surface area contributed by atoms with Gasteiger partial charge < -0.3 is 4.57 Å². The highest BCUT2D eigenvalue weighted by atomic mass is 14.9. The van der Waals surface area contributed by atoms with Crippen molar-refractivity contribution in [1.82, 2.24) is 4.57 Å². The van der Waals surface area contributed by atoms with Crippen LogP contribution >= 0.6 is 0 Å². The maximum atomic E-state index is 2.35. The second-order valence-corrected chi connectivity index (χ2v) is 5.88. The number of aryl methyl sites for hydroxylation is 4. The molecule has 1 heterocycles. The molecule has 2 aromatic carbocycles. The molecule has 0 aliphatic carbocycles. The maximum absolute atomic E-state index is 2.35. The molecule has 102 valence electrons. The predicted octanol–water partition coefficient (Wildman–Crippen LogP) is 4.92. The van der Waals surface area contributed by atoms with Crippen LogP contribution in [0.5, 0.6) is 0 Å². The third-order valence-corrected chi connectivity index (χ3v) is 4.10. The zero-order valence-electron chi connectivity index (χ0n) is 12.7. The van der Waals surface area contributed by atoms with Gasteiger partial charge in [-0.15, -0.1) is 0 Å². The number of benzene rings is 2. The molecular formula is C19H21N. The second kappa shape index (κ2) is 4.82. The summed E-state index contributed by atoms with van der Waals surface area (Å²) in [5, 5.41) is 1.32. The van der Waals surface area contributed by atoms with Gasteiger partial charge >= 0.3 is 0 Å². The van der Waals surface area contributed by atoms with E-state index in [0.717, 1.165) is 6.54 Å². The van der Waals surface area contributed by atoms with Crippen LogP contribution in [-0.4, -0.2) is 4.57 Å². The van der Waals surface area contributed by atoms with Crippen molar-refractivity contribution in [1.29, 1.82) is 0 Å². The molecule has 3 rings (SSSR count). The van der Waals surface area contributed by atoms with E-state index in [0.29, 0.717) is 0 Å². The topological polar surface area (TPSA) is 4.93 Å². The molecule has 0 saturated heterocycles. The van der Waals surface area contributed by atoms with E-state index in [2.05, 4.69) is 74.9 Å². The fraction of sp³-hybridized carbons (Fsp3) is 0.263. The smallest absolute Gasteiger partial charge is 0.0486 e. The molecule has 0 atom stereocenters. The fourth-order valence-electron chi connectivity index (χ4n) is 3.06. The first kappa shape index (κ1) is 13.0. The van der Waals surface area contributed by atoms with Gasteiger partial charge in [0.1, 0.15) is 0 Å². The Morgan fingerprint density at radius 3 is 2.20 bits per heavy atom. The summed E-state index contributed by atoms with van der Waals surface area (Å²) >= 11 is 0. The molecule has 1 heteroatoms. The van der Waals surface area contributed by atoms with Gasteiger partial charge in [-0.25, -0.2) is 0 Å². The lowest BCUT2D eigenvalue weighted by Crippen LogP contribution is -2.03. The Labute approximate surface area is 120 Å². The van der Waals surface area contributed by atoms with Gasteiger partial charge in [-0.05, 0) is 67.5 Å². The van der Waals surface area contributed by atoms with Crippen LogP contribution in [0, 0.1) is 27.7 Å². The lowest BCUT2D eigenvalue weighted by Gasteiger charge is -2.13. The standard InChI is InChI=1S/C19H21N/c1-13-5-6-17-7-8-20(19(17)11-13)12-18-15(3)9-14(2)10-16(18)4/h5-11H,12H2,1-4H3. The zero-order valence-corrected chi connectivity index (χ0v) is 12.7. The van der Waals surface area contributed by atoms with Crippen molar-refractivity contribution in [2.75, 3.05) is 0 Å². The first-order valence-electron chi connectivity index (χ1n) is 7.17. The van der Waals surface area contributed by atoms with Crippen molar-refractivity contribution in [3.63, 3.8) is 0 Å². The normalized spacial score (nSPS) is 11.2. The van der Waals surface area contributed by atoms with E-state index in [-0.39, 0.29) is 0 Å². The quantitative estimate of drug-likeness (QED) is 0.618. The maximum Gasteiger partial charge on any atom is 0.0486 e. The molecule has 20 heavy (non-hydrogen) atoms. The SMILES string of the molecule is Cc1cc(C)c(Cn2ccc3ccc(C)cc32)c(C)c1. The van der Waals surface area contributed by atoms with Crippen molar-refractivity contribution < 1.29 is 0 Å². The highest BCUT2D eigenvalue weighted by Gasteiger charge is 2.07. The van der Waals surface area contributed by atoms with Crippen molar-refractivity contribution in [2.45, 2.75) is 34.2 Å². The van der Waals surface area contributed by atoms with Gasteiger partial charge in [0.2, 0.25) is 0 Å². The summed E-state index contributed by atoms with van der Waals surface area (Å²) in [7, 11) is 0. The van der Waals surface area contributed by atoms with Crippen LogP contribution in [0.1, 0.15) is 27.8 Å². The molecule has 3 aromatic rings. The fourth-order valence-corrected chi connectivity index (χ4v) is 3.06. The summed E-state index contributed by atoms with van der Waals surface area (Å²) in [6, 6.07) is 13.4. The largest absolute Gasteiger partial charge is 0.343 e. The summed E-state index contributed by atoms with van der Waals surface area (Å²) in [5.41, 5.74) is 8.19. The van der Waals surface area contributed by atoms with Crippen LogP contribution in [-0.2, 0) is 6.54 Å². The van der Waals surface area contributed by atoms with Crippen LogP contribution in [0.15, 0.2) is 42.6 Å². The lowest BCUT2D eigenvalue weighted by atomic mass is 10.00. The van der Waals surface area contributed by atoms with Crippen LogP contribution < -0.4 is 0 Å². The van der Waals surface area contributed by atoms with Gasteiger partial charge in [0.25, 0.3) is 0 Å². The molecule has 0 radical (unpaired) electrons. The van der Waals surface area contributed by atoms with Crippen molar-refractivity contribution in [3.8, 4) is 0 Å². The number of hydrogen-bond donors (Lipinski definition) is 0. The molecular weight excluding hydrogens is 242 g/mol. The van der Waals surface area contributed by atoms with Gasteiger partial charge in [0.05, 0.1) is 0 Å². The van der Waals surface area contributed by atoms with E-state index < -0.39 is 0 Å². The lowest BCUT2D eigenvalue weighted by molar-refractivity contribution is 0.822. The number of fused-ring (bicyclic) bond motifs is 1. The Hall–Kier alpha value is -2.02. The Balaban J connectivity index is 2.08. The van der Waals surface area contributed by atoms with E-state index in [4.69, 9.17) is 0 Å². The van der Waals surface area contributed by atoms with Gasteiger partial charge in [0.15, 0.2) is 0 Å². The molecule has 0 bridgehead atoms. The second-order valence-electron chi connectivity index (χ2n) is 5.88. The molecule has 0 N–H and O–H groups in total. The summed E-state index contributed by atoms with van der Waals surface area (Å²) in [6.07, 6.45) is 2.20. The Morgan fingerprint density at radius 2 is 1.50 bits per heavy atom. The minimum Gasteiger partial charge on any atom is -0.343 e. The summed E-state index contributed by atoms with van der Waals surface area (Å²) < 4.78 is 2.35. The van der Waals surface area contributed by atoms with Gasteiger partial charge in [-0.3, -0.25) is 0 Å². The van der Waals surface area contributed by atoms with E-state index >= 15 is 0 Å². The van der Waals surface area contributed by atoms with Crippen LogP contribution in [0.25, 0.3) is 10.9 Å². The third-order valence-electron chi connectivity index (χ3n) is 4.10. The molecule has 0 fully saturated rings. The van der Waals surface area contributed by atoms with Gasteiger partial charge in [-0.1, -0.05) is 29.8 Å². The molecule has 1 aromatic heterocycles. The van der Waals surface area contributed by atoms with E-state index in [1.165, 1.54) is 38.7 Å². The van der Waals surface area contributed by atoms with Crippen molar-refractivity contribution in [2.24, 2.45) is 0 Å². The van der Waals surface area contributed by atoms with Crippen molar-refractivity contribution >= 4 is 10.9 Å². The molecule has 0 amide bonds. The Bertz CT molecular complexity index is 755. The average Bonchev–Trinajstić information content (AvgIpc) is 2.76. The summed E-state index contributed by atoms with van der Waals surface area (Å²) in [6.45, 7) is 9.70. The van der Waals surface area contributed by atoms with E-state index in [1.807, 2.05) is 0 Å². The van der Waals surface area contributed by atoms with Crippen LogP contribution in [0.4, 0.5) is 0 Å². The predicted molar refractivity (Wildman–Crippen MR) is 86.4 cm³/mol. The first-order valence-corrected chi connectivity index (χ1v) is 7.17. The first-order chi connectivity index (χ1) is 9.54. The minimum atomic E-state index is 0.949. The van der Waals surface area contributed by atoms with Gasteiger partial charge in [-0.2, -0.15) is 0 Å².